The number of benzene rings is 2. The van der Waals surface area contributed by atoms with Gasteiger partial charge in [-0.05, 0) is 35.0 Å². The van der Waals surface area contributed by atoms with Gasteiger partial charge in [-0.25, -0.2) is 4.79 Å². The molecule has 0 spiro atoms. The van der Waals surface area contributed by atoms with Gasteiger partial charge in [0.05, 0.1) is 5.75 Å². The molecule has 3 nitrogen and oxygen atoms in total. The van der Waals surface area contributed by atoms with Gasteiger partial charge >= 0.3 is 5.97 Å². The molecule has 0 saturated carbocycles. The highest BCUT2D eigenvalue weighted by Gasteiger charge is 2.09. The molecular weight excluding hydrogens is 272 g/mol. The molecule has 1 N–H and O–H groups in total. The molecule has 0 bridgehead atoms. The van der Waals surface area contributed by atoms with Crippen LogP contribution in [0.5, 0.6) is 0 Å². The lowest BCUT2D eigenvalue weighted by Gasteiger charge is -2.02. The molecule has 1 heterocycles. The summed E-state index contributed by atoms with van der Waals surface area (Å²) in [4.78, 5) is 11.9. The maximum atomic E-state index is 10.7. The van der Waals surface area contributed by atoms with Gasteiger partial charge in [-0.2, -0.15) is 0 Å². The minimum atomic E-state index is -1.04. The summed E-state index contributed by atoms with van der Waals surface area (Å²) >= 11 is 1.63. The molecule has 0 aliphatic carbocycles. The number of thioether (sulfide) groups is 1. The summed E-state index contributed by atoms with van der Waals surface area (Å²) < 4.78 is 5.23. The molecule has 0 aliphatic heterocycles. The lowest BCUT2D eigenvalue weighted by atomic mass is 10.1. The van der Waals surface area contributed by atoms with Gasteiger partial charge in [0, 0.05) is 4.90 Å². The molecule has 0 fully saturated rings. The molecule has 0 atom stereocenters. The van der Waals surface area contributed by atoms with Gasteiger partial charge in [-0.15, -0.1) is 11.8 Å². The Hall–Kier alpha value is -2.20. The van der Waals surface area contributed by atoms with Crippen molar-refractivity contribution in [3.8, 4) is 0 Å². The normalized spacial score (nSPS) is 10.8. The third kappa shape index (κ3) is 2.70. The minimum absolute atomic E-state index is 0.0147. The number of carboxylic acid groups (broad SMARTS) is 1. The highest BCUT2D eigenvalue weighted by molar-refractivity contribution is 7.98. The summed E-state index contributed by atoms with van der Waals surface area (Å²) in [7, 11) is 0. The van der Waals surface area contributed by atoms with Crippen LogP contribution in [0.1, 0.15) is 16.3 Å². The zero-order chi connectivity index (χ0) is 13.9. The zero-order valence-electron chi connectivity index (χ0n) is 10.6. The van der Waals surface area contributed by atoms with Crippen LogP contribution in [0, 0.1) is 0 Å². The molecule has 3 rings (SSSR count). The summed E-state index contributed by atoms with van der Waals surface area (Å²) in [6.07, 6.45) is 0. The molecule has 3 aromatic rings. The fourth-order valence-electron chi connectivity index (χ4n) is 1.98. The Morgan fingerprint density at radius 1 is 1.05 bits per heavy atom. The smallest absolute Gasteiger partial charge is 0.371 e. The van der Waals surface area contributed by atoms with E-state index >= 15 is 0 Å². The van der Waals surface area contributed by atoms with Gasteiger partial charge < -0.3 is 9.52 Å². The highest BCUT2D eigenvalue weighted by atomic mass is 32.2. The fraction of sp³-hybridized carbons (Fsp3) is 0.0625. The number of carboxylic acids is 1. The predicted molar refractivity (Wildman–Crippen MR) is 79.2 cm³/mol. The molecule has 2 aromatic carbocycles. The van der Waals surface area contributed by atoms with Gasteiger partial charge in [-0.3, -0.25) is 0 Å². The van der Waals surface area contributed by atoms with Gasteiger partial charge in [0.25, 0.3) is 0 Å². The number of hydrogen-bond donors (Lipinski definition) is 1. The van der Waals surface area contributed by atoms with Crippen LogP contribution in [0.3, 0.4) is 0 Å². The van der Waals surface area contributed by atoms with Crippen LogP contribution < -0.4 is 0 Å². The first kappa shape index (κ1) is 12.8. The maximum absolute atomic E-state index is 10.7. The number of aromatic carboxylic acids is 1. The van der Waals surface area contributed by atoms with Gasteiger partial charge in [0.1, 0.15) is 5.76 Å². The Balaban J connectivity index is 1.74. The van der Waals surface area contributed by atoms with Crippen molar-refractivity contribution < 1.29 is 14.3 Å². The van der Waals surface area contributed by atoms with E-state index in [1.165, 1.54) is 16.8 Å². The number of carbonyl (C=O) groups is 1. The van der Waals surface area contributed by atoms with Crippen molar-refractivity contribution in [2.45, 2.75) is 10.6 Å². The van der Waals surface area contributed by atoms with E-state index in [0.717, 1.165) is 4.90 Å². The van der Waals surface area contributed by atoms with Crippen molar-refractivity contribution in [2.24, 2.45) is 0 Å². The summed E-state index contributed by atoms with van der Waals surface area (Å²) in [5, 5.41) is 11.2. The predicted octanol–water partition coefficient (Wildman–Crippen LogP) is 4.42. The van der Waals surface area contributed by atoms with E-state index in [1.54, 1.807) is 17.8 Å². The first-order chi connectivity index (χ1) is 9.72. The Labute approximate surface area is 120 Å². The Kier molecular flexibility index (Phi) is 3.48. The van der Waals surface area contributed by atoms with E-state index in [2.05, 4.69) is 30.3 Å². The largest absolute Gasteiger partial charge is 0.475 e. The van der Waals surface area contributed by atoms with E-state index in [4.69, 9.17) is 9.52 Å². The van der Waals surface area contributed by atoms with Crippen molar-refractivity contribution >= 4 is 28.5 Å². The first-order valence-corrected chi connectivity index (χ1v) is 7.14. The second-order valence-corrected chi connectivity index (χ2v) is 5.42. The first-order valence-electron chi connectivity index (χ1n) is 6.16. The number of fused-ring (bicyclic) bond motifs is 1. The third-order valence-corrected chi connectivity index (χ3v) is 3.99. The van der Waals surface area contributed by atoms with Crippen LogP contribution in [0.4, 0.5) is 0 Å². The summed E-state index contributed by atoms with van der Waals surface area (Å²) in [5.74, 6) is 0.234. The van der Waals surface area contributed by atoms with Gasteiger partial charge in [-0.1, -0.05) is 30.3 Å². The second kappa shape index (κ2) is 5.43. The summed E-state index contributed by atoms with van der Waals surface area (Å²) in [6.45, 7) is 0. The molecule has 0 aliphatic rings. The van der Waals surface area contributed by atoms with Crippen molar-refractivity contribution in [3.05, 3.63) is 66.1 Å². The van der Waals surface area contributed by atoms with E-state index in [0.29, 0.717) is 11.5 Å². The molecular formula is C16H12O3S. The van der Waals surface area contributed by atoms with Crippen LogP contribution in [-0.4, -0.2) is 11.1 Å². The van der Waals surface area contributed by atoms with Crippen LogP contribution >= 0.6 is 11.8 Å². The van der Waals surface area contributed by atoms with Crippen LogP contribution in [-0.2, 0) is 5.75 Å². The SMILES string of the molecule is O=C(O)c1ccc(CSc2ccc3ccccc3c2)o1. The Morgan fingerprint density at radius 2 is 1.85 bits per heavy atom. The molecule has 0 amide bonds. The molecule has 1 aromatic heterocycles. The van der Waals surface area contributed by atoms with Gasteiger partial charge in [0.2, 0.25) is 5.76 Å². The maximum Gasteiger partial charge on any atom is 0.371 e. The standard InChI is InChI=1S/C16H12O3S/c17-16(18)15-8-6-13(19-15)10-20-14-7-5-11-3-1-2-4-12(11)9-14/h1-9H,10H2,(H,17,18). The molecule has 0 unspecified atom stereocenters. The lowest BCUT2D eigenvalue weighted by Crippen LogP contribution is -1.91. The topological polar surface area (TPSA) is 50.4 Å². The molecule has 100 valence electrons. The number of hydrogen-bond acceptors (Lipinski definition) is 3. The van der Waals surface area contributed by atoms with Crippen molar-refractivity contribution in [1.82, 2.24) is 0 Å². The third-order valence-electron chi connectivity index (χ3n) is 2.97. The fourth-order valence-corrected chi connectivity index (χ4v) is 2.82. The Morgan fingerprint density at radius 3 is 2.60 bits per heavy atom. The van der Waals surface area contributed by atoms with E-state index in [1.807, 2.05) is 12.1 Å². The minimum Gasteiger partial charge on any atom is -0.475 e. The average molecular weight is 284 g/mol. The van der Waals surface area contributed by atoms with E-state index < -0.39 is 5.97 Å². The molecule has 0 saturated heterocycles. The quantitative estimate of drug-likeness (QED) is 0.720. The highest BCUT2D eigenvalue weighted by Crippen LogP contribution is 2.27. The van der Waals surface area contributed by atoms with Crippen LogP contribution in [0.15, 0.2) is 63.9 Å². The lowest BCUT2D eigenvalue weighted by molar-refractivity contribution is 0.0661. The number of furan rings is 1. The van der Waals surface area contributed by atoms with Crippen molar-refractivity contribution in [3.63, 3.8) is 0 Å². The van der Waals surface area contributed by atoms with Crippen molar-refractivity contribution in [1.29, 1.82) is 0 Å². The number of rotatable bonds is 4. The second-order valence-electron chi connectivity index (χ2n) is 4.37. The molecule has 4 heteroatoms. The van der Waals surface area contributed by atoms with E-state index in [9.17, 15) is 4.79 Å². The zero-order valence-corrected chi connectivity index (χ0v) is 11.4. The monoisotopic (exact) mass is 284 g/mol. The van der Waals surface area contributed by atoms with Crippen LogP contribution in [0.25, 0.3) is 10.8 Å². The van der Waals surface area contributed by atoms with Gasteiger partial charge in [0.15, 0.2) is 0 Å². The molecule has 0 radical (unpaired) electrons. The summed E-state index contributed by atoms with van der Waals surface area (Å²) in [5.41, 5.74) is 0. The van der Waals surface area contributed by atoms with E-state index in [-0.39, 0.29) is 5.76 Å². The average Bonchev–Trinajstić information content (AvgIpc) is 2.94. The van der Waals surface area contributed by atoms with Crippen molar-refractivity contribution in [2.75, 3.05) is 0 Å². The molecule has 20 heavy (non-hydrogen) atoms. The van der Waals surface area contributed by atoms with Crippen LogP contribution in [0.2, 0.25) is 0 Å². The Bertz CT molecular complexity index is 761. The summed E-state index contributed by atoms with van der Waals surface area (Å²) in [6, 6.07) is 17.7.